The normalized spacial score (nSPS) is 11.4. The van der Waals surface area contributed by atoms with E-state index in [0.29, 0.717) is 6.04 Å². The highest BCUT2D eigenvalue weighted by atomic mass is 14.9. The number of allylic oxidation sites excluding steroid dienone is 3. The van der Waals surface area contributed by atoms with Crippen LogP contribution < -0.4 is 10.6 Å². The van der Waals surface area contributed by atoms with Crippen molar-refractivity contribution in [1.82, 2.24) is 10.6 Å². The zero-order valence-corrected chi connectivity index (χ0v) is 15.9. The van der Waals surface area contributed by atoms with Gasteiger partial charge in [-0.3, -0.25) is 0 Å². The van der Waals surface area contributed by atoms with E-state index in [1.807, 2.05) is 27.9 Å². The fourth-order valence-electron chi connectivity index (χ4n) is 1.08. The molecule has 0 aliphatic heterocycles. The van der Waals surface area contributed by atoms with E-state index in [4.69, 9.17) is 0 Å². The summed E-state index contributed by atoms with van der Waals surface area (Å²) in [5, 5.41) is 6.08. The minimum atomic E-state index is 0.482. The molecule has 0 spiro atoms. The lowest BCUT2D eigenvalue weighted by Gasteiger charge is -2.05. The van der Waals surface area contributed by atoms with Gasteiger partial charge in [0, 0.05) is 6.04 Å². The number of likely N-dealkylation sites (N-methyl/N-ethyl adjacent to an activating group) is 1. The van der Waals surface area contributed by atoms with E-state index in [9.17, 15) is 0 Å². The van der Waals surface area contributed by atoms with Crippen LogP contribution in [0, 0.1) is 0 Å². The van der Waals surface area contributed by atoms with Gasteiger partial charge in [-0.15, -0.1) is 0 Å². The summed E-state index contributed by atoms with van der Waals surface area (Å²) in [5.41, 5.74) is 1.35. The second-order valence-corrected chi connectivity index (χ2v) is 4.27. The Kier molecular flexibility index (Phi) is 43.0. The van der Waals surface area contributed by atoms with Crippen LogP contribution in [-0.4, -0.2) is 26.7 Å². The Bertz CT molecular complexity index is 182. The molecule has 1 unspecified atom stereocenters. The molecule has 0 amide bonds. The first kappa shape index (κ1) is 27.7. The molecule has 2 nitrogen and oxygen atoms in total. The Balaban J connectivity index is -0.000000133. The lowest BCUT2D eigenvalue weighted by atomic mass is 10.2. The molecule has 0 aliphatic carbocycles. The van der Waals surface area contributed by atoms with E-state index in [0.717, 1.165) is 13.0 Å². The summed E-state index contributed by atoms with van der Waals surface area (Å²) in [6.07, 6.45) is 8.97. The van der Waals surface area contributed by atoms with Gasteiger partial charge in [0.15, 0.2) is 0 Å². The average Bonchev–Trinajstić information content (AvgIpc) is 2.41. The van der Waals surface area contributed by atoms with Crippen LogP contribution in [0.3, 0.4) is 0 Å². The lowest BCUT2D eigenvalue weighted by Crippen LogP contribution is -2.22. The van der Waals surface area contributed by atoms with E-state index < -0.39 is 0 Å². The molecule has 0 aliphatic rings. The number of hydrogen-bond acceptors (Lipinski definition) is 2. The molecule has 0 saturated carbocycles. The van der Waals surface area contributed by atoms with E-state index in [2.05, 4.69) is 70.4 Å². The predicted molar refractivity (Wildman–Crippen MR) is 98.6 cm³/mol. The molecule has 0 radical (unpaired) electrons. The second kappa shape index (κ2) is 31.0. The Labute approximate surface area is 130 Å². The van der Waals surface area contributed by atoms with Gasteiger partial charge in [0.25, 0.3) is 0 Å². The van der Waals surface area contributed by atoms with Crippen LogP contribution >= 0.6 is 0 Å². The largest absolute Gasteiger partial charge is 0.323 e. The molecule has 124 valence electrons. The third-order valence-electron chi connectivity index (χ3n) is 1.70. The molecule has 0 rings (SSSR count). The maximum atomic E-state index is 3.33. The summed E-state index contributed by atoms with van der Waals surface area (Å²) in [6.45, 7) is 17.9. The Hall–Kier alpha value is -0.600. The molecule has 2 heteroatoms. The Morgan fingerprint density at radius 1 is 1.05 bits per heavy atom. The van der Waals surface area contributed by atoms with E-state index in [1.54, 1.807) is 0 Å². The van der Waals surface area contributed by atoms with Crippen LogP contribution in [0.15, 0.2) is 23.8 Å². The van der Waals surface area contributed by atoms with Gasteiger partial charge in [-0.1, -0.05) is 71.8 Å². The molecular weight excluding hydrogens is 244 g/mol. The van der Waals surface area contributed by atoms with Gasteiger partial charge >= 0.3 is 0 Å². The van der Waals surface area contributed by atoms with Gasteiger partial charge in [0.2, 0.25) is 0 Å². The predicted octanol–water partition coefficient (Wildman–Crippen LogP) is 5.18. The van der Waals surface area contributed by atoms with Crippen molar-refractivity contribution < 1.29 is 0 Å². The molecule has 0 heterocycles. The number of hydrogen-bond donors (Lipinski definition) is 2. The summed E-state index contributed by atoms with van der Waals surface area (Å²) in [4.78, 5) is 0. The zero-order chi connectivity index (χ0) is 16.8. The van der Waals surface area contributed by atoms with Crippen LogP contribution in [0.25, 0.3) is 0 Å². The molecule has 20 heavy (non-hydrogen) atoms. The molecule has 0 aromatic heterocycles. The van der Waals surface area contributed by atoms with Crippen molar-refractivity contribution in [2.75, 3.05) is 20.6 Å². The quantitative estimate of drug-likeness (QED) is 0.681. The van der Waals surface area contributed by atoms with Crippen LogP contribution in [0.1, 0.15) is 68.2 Å². The lowest BCUT2D eigenvalue weighted by molar-refractivity contribution is 0.660. The monoisotopic (exact) mass is 286 g/mol. The summed E-state index contributed by atoms with van der Waals surface area (Å²) in [5.74, 6) is 0. The van der Waals surface area contributed by atoms with Crippen molar-refractivity contribution in [3.8, 4) is 0 Å². The first-order chi connectivity index (χ1) is 9.53. The SMILES string of the molecule is CC.CC/C=C(C)/C=C\C(C)NCC.CCC.CNC. The number of nitrogens with one attached hydrogen (secondary N) is 2. The highest BCUT2D eigenvalue weighted by Crippen LogP contribution is 1.98. The second-order valence-electron chi connectivity index (χ2n) is 4.27. The summed E-state index contributed by atoms with van der Waals surface area (Å²) < 4.78 is 0. The summed E-state index contributed by atoms with van der Waals surface area (Å²) in [6, 6.07) is 0.482. The van der Waals surface area contributed by atoms with Crippen LogP contribution in [0.4, 0.5) is 0 Å². The van der Waals surface area contributed by atoms with E-state index in [-0.39, 0.29) is 0 Å². The highest BCUT2D eigenvalue weighted by Gasteiger charge is 1.90. The minimum absolute atomic E-state index is 0.482. The summed E-state index contributed by atoms with van der Waals surface area (Å²) in [7, 11) is 3.75. The molecule has 0 bridgehead atoms. The standard InChI is InChI=1S/C11H21N.C3H8.C2H7N.C2H6/c1-5-7-10(3)8-9-11(4)12-6-2;2*1-3-2;1-2/h7-9,11-12H,5-6H2,1-4H3;3H2,1-2H3;3H,1-2H3;1-2H3/b9-8-,10-7+;;;. The summed E-state index contributed by atoms with van der Waals surface area (Å²) >= 11 is 0. The van der Waals surface area contributed by atoms with Gasteiger partial charge in [-0.25, -0.2) is 0 Å². The third-order valence-corrected chi connectivity index (χ3v) is 1.70. The molecule has 0 aromatic rings. The van der Waals surface area contributed by atoms with Crippen LogP contribution in [0.5, 0.6) is 0 Å². The van der Waals surface area contributed by atoms with Gasteiger partial charge in [-0.2, -0.15) is 0 Å². The third kappa shape index (κ3) is 43.3. The fraction of sp³-hybridized carbons (Fsp3) is 0.778. The van der Waals surface area contributed by atoms with Crippen molar-refractivity contribution in [3.05, 3.63) is 23.8 Å². The van der Waals surface area contributed by atoms with Crippen LogP contribution in [0.2, 0.25) is 0 Å². The van der Waals surface area contributed by atoms with Crippen molar-refractivity contribution in [2.45, 2.75) is 74.3 Å². The van der Waals surface area contributed by atoms with Crippen molar-refractivity contribution >= 4 is 0 Å². The highest BCUT2D eigenvalue weighted by molar-refractivity contribution is 5.16. The molecule has 2 N–H and O–H groups in total. The van der Waals surface area contributed by atoms with Crippen molar-refractivity contribution in [1.29, 1.82) is 0 Å². The Morgan fingerprint density at radius 2 is 1.45 bits per heavy atom. The van der Waals surface area contributed by atoms with Gasteiger partial charge in [-0.05, 0) is 40.9 Å². The first-order valence-corrected chi connectivity index (χ1v) is 8.20. The Morgan fingerprint density at radius 3 is 1.75 bits per heavy atom. The average molecular weight is 287 g/mol. The molecule has 1 atom stereocenters. The van der Waals surface area contributed by atoms with Gasteiger partial charge < -0.3 is 10.6 Å². The van der Waals surface area contributed by atoms with Gasteiger partial charge in [0.05, 0.1) is 0 Å². The van der Waals surface area contributed by atoms with E-state index in [1.165, 1.54) is 12.0 Å². The fourth-order valence-corrected chi connectivity index (χ4v) is 1.08. The first-order valence-electron chi connectivity index (χ1n) is 8.20. The van der Waals surface area contributed by atoms with Crippen LogP contribution in [-0.2, 0) is 0 Å². The van der Waals surface area contributed by atoms with Crippen molar-refractivity contribution in [2.24, 2.45) is 0 Å². The molecule has 0 aromatic carbocycles. The number of rotatable bonds is 5. The molecule has 0 saturated heterocycles. The maximum absolute atomic E-state index is 3.33. The molecule has 0 fully saturated rings. The minimum Gasteiger partial charge on any atom is -0.323 e. The maximum Gasteiger partial charge on any atom is 0.0224 e. The topological polar surface area (TPSA) is 24.1 Å². The van der Waals surface area contributed by atoms with Crippen molar-refractivity contribution in [3.63, 3.8) is 0 Å². The zero-order valence-electron chi connectivity index (χ0n) is 15.9. The smallest absolute Gasteiger partial charge is 0.0224 e. The van der Waals surface area contributed by atoms with E-state index >= 15 is 0 Å². The molecular formula is C18H42N2. The van der Waals surface area contributed by atoms with Gasteiger partial charge in [0.1, 0.15) is 0 Å².